The molecule has 1 aliphatic heterocycles. The molecule has 0 aliphatic carbocycles. The van der Waals surface area contributed by atoms with E-state index in [1.54, 1.807) is 0 Å². The Morgan fingerprint density at radius 3 is 1.63 bits per heavy atom. The summed E-state index contributed by atoms with van der Waals surface area (Å²) in [7, 11) is 0. The average Bonchev–Trinajstić information content (AvgIpc) is 3.65. The summed E-state index contributed by atoms with van der Waals surface area (Å²) in [5, 5.41) is 5.20. The summed E-state index contributed by atoms with van der Waals surface area (Å²) in [5.74, 6) is 0. The van der Waals surface area contributed by atoms with Gasteiger partial charge in [-0.1, -0.05) is 121 Å². The second-order valence-electron chi connectivity index (χ2n) is 15.7. The molecule has 0 spiro atoms. The maximum absolute atomic E-state index is 14.0. The number of pyridine rings is 1. The first-order valence-corrected chi connectivity index (χ1v) is 20.5. The van der Waals surface area contributed by atoms with Gasteiger partial charge in [0.05, 0.1) is 22.2 Å². The quantitative estimate of drug-likeness (QED) is 0.163. The van der Waals surface area contributed by atoms with Crippen LogP contribution < -0.4 is 10.5 Å². The molecule has 0 unspecified atom stereocenters. The highest BCUT2D eigenvalue weighted by Crippen LogP contribution is 2.48. The first kappa shape index (κ1) is 34.1. The second kappa shape index (κ2) is 13.6. The number of hydrogen-bond donors (Lipinski definition) is 0. The van der Waals surface area contributed by atoms with Crippen LogP contribution in [0.1, 0.15) is 11.1 Å². The molecule has 11 aromatic rings. The SMILES string of the molecule is O=c1c2ccccc2c2cc(-c3ccc4c(c3)Cc3c(-c5ccc6c(c5)c5ccccc5n6-c5ccccc5)cccc3N4c3ccccc3)ccc2n1-c1ccccc1. The molecule has 4 heteroatoms. The molecular weight excluding hydrogens is 731 g/mol. The standard InChI is InChI=1S/C56H37N3O/c60-56-47-23-11-10-21-45(47)49-34-38(28-31-55(49)59(56)43-19-8-3-9-20-43)37-27-30-51-40(33-37)36-48-44(24-14-26-53(48)57(51)41-15-4-1-5-16-41)39-29-32-54-50(35-39)46-22-12-13-25-52(46)58(54)42-17-6-2-7-18-42/h1-35H,36H2. The van der Waals surface area contributed by atoms with Crippen LogP contribution in [0.25, 0.3) is 77.1 Å². The summed E-state index contributed by atoms with van der Waals surface area (Å²) in [4.78, 5) is 16.4. The predicted molar refractivity (Wildman–Crippen MR) is 250 cm³/mol. The Morgan fingerprint density at radius 1 is 0.350 bits per heavy atom. The lowest BCUT2D eigenvalue weighted by Gasteiger charge is -2.35. The normalized spacial score (nSPS) is 12.3. The molecule has 0 bridgehead atoms. The Labute approximate surface area is 347 Å². The average molecular weight is 768 g/mol. The van der Waals surface area contributed by atoms with Gasteiger partial charge in [0.1, 0.15) is 0 Å². The van der Waals surface area contributed by atoms with Crippen LogP contribution in [-0.4, -0.2) is 9.13 Å². The molecule has 12 rings (SSSR count). The van der Waals surface area contributed by atoms with E-state index >= 15 is 0 Å². The van der Waals surface area contributed by atoms with Gasteiger partial charge in [0.2, 0.25) is 0 Å². The molecule has 4 nitrogen and oxygen atoms in total. The van der Waals surface area contributed by atoms with Gasteiger partial charge in [-0.3, -0.25) is 9.36 Å². The van der Waals surface area contributed by atoms with Crippen molar-refractivity contribution < 1.29 is 0 Å². The van der Waals surface area contributed by atoms with Gasteiger partial charge in [-0.05, 0) is 130 Å². The van der Waals surface area contributed by atoms with E-state index in [0.29, 0.717) is 5.39 Å². The fourth-order valence-electron chi connectivity index (χ4n) is 9.63. The zero-order valence-electron chi connectivity index (χ0n) is 32.7. The highest BCUT2D eigenvalue weighted by Gasteiger charge is 2.27. The van der Waals surface area contributed by atoms with Crippen LogP contribution in [0.4, 0.5) is 17.1 Å². The Balaban J connectivity index is 1.03. The van der Waals surface area contributed by atoms with E-state index in [9.17, 15) is 4.79 Å². The van der Waals surface area contributed by atoms with Gasteiger partial charge in [0.25, 0.3) is 5.56 Å². The topological polar surface area (TPSA) is 30.2 Å². The molecule has 0 fully saturated rings. The van der Waals surface area contributed by atoms with Crippen LogP contribution in [0.2, 0.25) is 0 Å². The molecular formula is C56H37N3O. The number of aromatic nitrogens is 2. The van der Waals surface area contributed by atoms with Crippen LogP contribution in [0.15, 0.2) is 217 Å². The van der Waals surface area contributed by atoms with Crippen molar-refractivity contribution in [1.82, 2.24) is 9.13 Å². The van der Waals surface area contributed by atoms with Crippen molar-refractivity contribution in [2.24, 2.45) is 0 Å². The van der Waals surface area contributed by atoms with Crippen molar-refractivity contribution in [1.29, 1.82) is 0 Å². The maximum Gasteiger partial charge on any atom is 0.263 e. The molecule has 0 amide bonds. The first-order chi connectivity index (χ1) is 29.7. The zero-order chi connectivity index (χ0) is 39.7. The van der Waals surface area contributed by atoms with E-state index in [1.165, 1.54) is 55.4 Å². The van der Waals surface area contributed by atoms with Crippen molar-refractivity contribution in [3.8, 4) is 33.6 Å². The number of nitrogens with zero attached hydrogens (tertiary/aromatic N) is 3. The van der Waals surface area contributed by atoms with Crippen LogP contribution in [-0.2, 0) is 6.42 Å². The lowest BCUT2D eigenvalue weighted by atomic mass is 9.87. The predicted octanol–water partition coefficient (Wildman–Crippen LogP) is 13.9. The Kier molecular flexibility index (Phi) is 7.72. The van der Waals surface area contributed by atoms with E-state index in [1.807, 2.05) is 53.1 Å². The van der Waals surface area contributed by atoms with E-state index in [4.69, 9.17) is 0 Å². The van der Waals surface area contributed by atoms with E-state index in [0.717, 1.165) is 50.9 Å². The van der Waals surface area contributed by atoms with Gasteiger partial charge in [0.15, 0.2) is 0 Å². The third-order valence-corrected chi connectivity index (χ3v) is 12.3. The summed E-state index contributed by atoms with van der Waals surface area (Å²) >= 11 is 0. The molecule has 1 aliphatic rings. The third kappa shape index (κ3) is 5.28. The van der Waals surface area contributed by atoms with Gasteiger partial charge in [0, 0.05) is 50.7 Å². The van der Waals surface area contributed by atoms with Crippen LogP contribution in [0.3, 0.4) is 0 Å². The number of para-hydroxylation sites is 4. The first-order valence-electron chi connectivity index (χ1n) is 20.5. The van der Waals surface area contributed by atoms with Crippen LogP contribution in [0.5, 0.6) is 0 Å². The summed E-state index contributed by atoms with van der Waals surface area (Å²) in [6.07, 6.45) is 0.784. The lowest BCUT2D eigenvalue weighted by molar-refractivity contribution is 1.06. The molecule has 0 saturated carbocycles. The van der Waals surface area contributed by atoms with E-state index in [-0.39, 0.29) is 5.56 Å². The van der Waals surface area contributed by atoms with Gasteiger partial charge in [-0.15, -0.1) is 0 Å². The molecule has 282 valence electrons. The fraction of sp³-hybridized carbons (Fsp3) is 0.0179. The minimum Gasteiger partial charge on any atom is -0.310 e. The van der Waals surface area contributed by atoms with Crippen molar-refractivity contribution in [3.63, 3.8) is 0 Å². The van der Waals surface area contributed by atoms with E-state index in [2.05, 4.69) is 173 Å². The maximum atomic E-state index is 14.0. The lowest BCUT2D eigenvalue weighted by Crippen LogP contribution is -2.19. The summed E-state index contributed by atoms with van der Waals surface area (Å²) < 4.78 is 4.22. The molecule has 0 N–H and O–H groups in total. The van der Waals surface area contributed by atoms with Gasteiger partial charge in [-0.2, -0.15) is 0 Å². The largest absolute Gasteiger partial charge is 0.310 e. The molecule has 3 heterocycles. The molecule has 2 aromatic heterocycles. The smallest absolute Gasteiger partial charge is 0.263 e. The van der Waals surface area contributed by atoms with Crippen molar-refractivity contribution in [2.45, 2.75) is 6.42 Å². The second-order valence-corrected chi connectivity index (χ2v) is 15.7. The minimum absolute atomic E-state index is 0.0117. The molecule has 0 atom stereocenters. The van der Waals surface area contributed by atoms with Gasteiger partial charge < -0.3 is 9.47 Å². The molecule has 0 radical (unpaired) electrons. The van der Waals surface area contributed by atoms with Gasteiger partial charge >= 0.3 is 0 Å². The third-order valence-electron chi connectivity index (χ3n) is 12.3. The number of fused-ring (bicyclic) bond motifs is 8. The summed E-state index contributed by atoms with van der Waals surface area (Å²) in [6, 6.07) is 75.2. The molecule has 60 heavy (non-hydrogen) atoms. The van der Waals surface area contributed by atoms with Crippen molar-refractivity contribution in [3.05, 3.63) is 234 Å². The highest BCUT2D eigenvalue weighted by molar-refractivity contribution is 6.11. The Morgan fingerprint density at radius 2 is 0.883 bits per heavy atom. The fourth-order valence-corrected chi connectivity index (χ4v) is 9.63. The monoisotopic (exact) mass is 767 g/mol. The Hall–Kier alpha value is -7.95. The zero-order valence-corrected chi connectivity index (χ0v) is 32.7. The van der Waals surface area contributed by atoms with Gasteiger partial charge in [-0.25, -0.2) is 0 Å². The number of benzene rings is 9. The number of anilines is 3. The van der Waals surface area contributed by atoms with Crippen molar-refractivity contribution in [2.75, 3.05) is 4.90 Å². The van der Waals surface area contributed by atoms with Crippen molar-refractivity contribution >= 4 is 60.5 Å². The number of rotatable bonds is 5. The van der Waals surface area contributed by atoms with Crippen LogP contribution in [0, 0.1) is 0 Å². The Bertz CT molecular complexity index is 3530. The summed E-state index contributed by atoms with van der Waals surface area (Å²) in [6.45, 7) is 0. The summed E-state index contributed by atoms with van der Waals surface area (Å²) in [5.41, 5.74) is 16.0. The molecule has 9 aromatic carbocycles. The number of hydrogen-bond acceptors (Lipinski definition) is 2. The molecule has 0 saturated heterocycles. The van der Waals surface area contributed by atoms with Crippen LogP contribution >= 0.6 is 0 Å². The minimum atomic E-state index is -0.0117. The van der Waals surface area contributed by atoms with E-state index < -0.39 is 0 Å². The highest BCUT2D eigenvalue weighted by atomic mass is 16.1.